The number of hydrogen-bond donors (Lipinski definition) is 2. The largest absolute Gasteiger partial charge is 0.392 e. The molecule has 0 saturated heterocycles. The van der Waals surface area contributed by atoms with Gasteiger partial charge in [0.1, 0.15) is 0 Å². The quantitative estimate of drug-likeness (QED) is 0.906. The number of nitrogens with one attached hydrogen (secondary N) is 1. The summed E-state index contributed by atoms with van der Waals surface area (Å²) >= 11 is 5.97. The maximum atomic E-state index is 12.4. The summed E-state index contributed by atoms with van der Waals surface area (Å²) in [5.41, 5.74) is 2.64. The Morgan fingerprint density at radius 3 is 2.48 bits per heavy atom. The summed E-state index contributed by atoms with van der Waals surface area (Å²) < 4.78 is 27.2. The predicted molar refractivity (Wildman–Crippen MR) is 84.1 cm³/mol. The molecular weight excluding hydrogens is 310 g/mol. The van der Waals surface area contributed by atoms with E-state index in [4.69, 9.17) is 11.6 Å². The van der Waals surface area contributed by atoms with Crippen LogP contribution in [0.3, 0.4) is 0 Å². The summed E-state index contributed by atoms with van der Waals surface area (Å²) in [6, 6.07) is 9.70. The zero-order chi connectivity index (χ0) is 15.6. The third kappa shape index (κ3) is 3.56. The number of benzene rings is 2. The van der Waals surface area contributed by atoms with Crippen molar-refractivity contribution in [1.82, 2.24) is 0 Å². The molecule has 112 valence electrons. The molecule has 0 bridgehead atoms. The first kappa shape index (κ1) is 15.8. The minimum Gasteiger partial charge on any atom is -0.392 e. The zero-order valence-corrected chi connectivity index (χ0v) is 13.3. The molecule has 0 heterocycles. The number of halogens is 1. The van der Waals surface area contributed by atoms with Crippen molar-refractivity contribution in [3.63, 3.8) is 0 Å². The van der Waals surface area contributed by atoms with Gasteiger partial charge >= 0.3 is 0 Å². The Balaban J connectivity index is 2.39. The fraction of sp³-hybridized carbons (Fsp3) is 0.200. The van der Waals surface area contributed by atoms with E-state index in [1.807, 2.05) is 6.92 Å². The van der Waals surface area contributed by atoms with Gasteiger partial charge in [-0.2, -0.15) is 0 Å². The van der Waals surface area contributed by atoms with Gasteiger partial charge < -0.3 is 5.11 Å². The number of anilines is 1. The van der Waals surface area contributed by atoms with Crippen LogP contribution in [0.1, 0.15) is 16.7 Å². The van der Waals surface area contributed by atoms with Crippen LogP contribution in [0.15, 0.2) is 41.3 Å². The van der Waals surface area contributed by atoms with E-state index in [1.165, 1.54) is 12.1 Å². The van der Waals surface area contributed by atoms with Gasteiger partial charge in [0, 0.05) is 10.6 Å². The Kier molecular flexibility index (Phi) is 4.56. The molecular formula is C15H16ClNO3S. The van der Waals surface area contributed by atoms with Crippen LogP contribution in [-0.4, -0.2) is 13.5 Å². The van der Waals surface area contributed by atoms with Crippen LogP contribution in [0.25, 0.3) is 0 Å². The van der Waals surface area contributed by atoms with Crippen LogP contribution < -0.4 is 4.72 Å². The standard InChI is InChI=1S/C15H16ClNO3S/c1-10-3-6-15(12(7-10)9-18)17-21(19,20)13-5-4-11(2)14(16)8-13/h3-8,17-18H,9H2,1-2H3. The minimum absolute atomic E-state index is 0.0857. The van der Waals surface area contributed by atoms with E-state index in [-0.39, 0.29) is 11.5 Å². The Morgan fingerprint density at radius 2 is 1.86 bits per heavy atom. The van der Waals surface area contributed by atoms with E-state index in [9.17, 15) is 13.5 Å². The number of aliphatic hydroxyl groups is 1. The monoisotopic (exact) mass is 325 g/mol. The third-order valence-electron chi connectivity index (χ3n) is 3.13. The van der Waals surface area contributed by atoms with E-state index in [0.717, 1.165) is 11.1 Å². The molecule has 0 fully saturated rings. The average Bonchev–Trinajstić information content (AvgIpc) is 2.43. The third-order valence-corrected chi connectivity index (χ3v) is 4.90. The van der Waals surface area contributed by atoms with Gasteiger partial charge in [0.15, 0.2) is 0 Å². The highest BCUT2D eigenvalue weighted by molar-refractivity contribution is 7.92. The van der Waals surface area contributed by atoms with Gasteiger partial charge in [-0.15, -0.1) is 0 Å². The molecule has 0 saturated carbocycles. The van der Waals surface area contributed by atoms with E-state index in [0.29, 0.717) is 16.3 Å². The molecule has 0 spiro atoms. The summed E-state index contributed by atoms with van der Waals surface area (Å²) in [5.74, 6) is 0. The van der Waals surface area contributed by atoms with Crippen molar-refractivity contribution in [2.24, 2.45) is 0 Å². The molecule has 21 heavy (non-hydrogen) atoms. The highest BCUT2D eigenvalue weighted by Gasteiger charge is 2.17. The number of hydrogen-bond acceptors (Lipinski definition) is 3. The lowest BCUT2D eigenvalue weighted by molar-refractivity contribution is 0.282. The van der Waals surface area contributed by atoms with Crippen LogP contribution in [0.5, 0.6) is 0 Å². The minimum atomic E-state index is -3.74. The van der Waals surface area contributed by atoms with E-state index < -0.39 is 10.0 Å². The first-order valence-electron chi connectivity index (χ1n) is 6.33. The van der Waals surface area contributed by atoms with Crippen molar-refractivity contribution in [3.8, 4) is 0 Å². The number of aryl methyl sites for hydroxylation is 2. The van der Waals surface area contributed by atoms with Crippen LogP contribution in [0, 0.1) is 13.8 Å². The maximum Gasteiger partial charge on any atom is 0.261 e. The summed E-state index contributed by atoms with van der Waals surface area (Å²) in [4.78, 5) is 0.0857. The van der Waals surface area contributed by atoms with Gasteiger partial charge in [-0.1, -0.05) is 35.4 Å². The highest BCUT2D eigenvalue weighted by Crippen LogP contribution is 2.24. The summed E-state index contributed by atoms with van der Waals surface area (Å²) in [5, 5.41) is 9.73. The molecule has 2 N–H and O–H groups in total. The molecule has 0 aromatic heterocycles. The normalized spacial score (nSPS) is 11.4. The molecule has 0 aliphatic carbocycles. The molecule has 4 nitrogen and oxygen atoms in total. The lowest BCUT2D eigenvalue weighted by Gasteiger charge is -2.12. The molecule has 2 rings (SSSR count). The second-order valence-corrected chi connectivity index (χ2v) is 6.92. The Morgan fingerprint density at radius 1 is 1.14 bits per heavy atom. The zero-order valence-electron chi connectivity index (χ0n) is 11.7. The summed E-state index contributed by atoms with van der Waals surface area (Å²) in [6.07, 6.45) is 0. The van der Waals surface area contributed by atoms with Crippen molar-refractivity contribution >= 4 is 27.3 Å². The Bertz CT molecular complexity index is 772. The van der Waals surface area contributed by atoms with Gasteiger partial charge in [-0.25, -0.2) is 8.42 Å². The fourth-order valence-corrected chi connectivity index (χ4v) is 3.27. The van der Waals surface area contributed by atoms with E-state index in [2.05, 4.69) is 4.72 Å². The Labute approximate surface area is 129 Å². The van der Waals surface area contributed by atoms with Crippen molar-refractivity contribution in [3.05, 3.63) is 58.1 Å². The first-order chi connectivity index (χ1) is 9.83. The maximum absolute atomic E-state index is 12.4. The summed E-state index contributed by atoms with van der Waals surface area (Å²) in [6.45, 7) is 3.43. The number of rotatable bonds is 4. The van der Waals surface area contributed by atoms with Gasteiger partial charge in [0.2, 0.25) is 0 Å². The fourth-order valence-electron chi connectivity index (χ4n) is 1.90. The lowest BCUT2D eigenvalue weighted by atomic mass is 10.1. The smallest absolute Gasteiger partial charge is 0.261 e. The van der Waals surface area contributed by atoms with E-state index >= 15 is 0 Å². The first-order valence-corrected chi connectivity index (χ1v) is 8.19. The number of aliphatic hydroxyl groups excluding tert-OH is 1. The van der Waals surface area contributed by atoms with Crippen molar-refractivity contribution in [1.29, 1.82) is 0 Å². The molecule has 2 aromatic carbocycles. The van der Waals surface area contributed by atoms with Gasteiger partial charge in [-0.3, -0.25) is 4.72 Å². The SMILES string of the molecule is Cc1ccc(NS(=O)(=O)c2ccc(C)c(Cl)c2)c(CO)c1. The van der Waals surface area contributed by atoms with Crippen molar-refractivity contribution < 1.29 is 13.5 Å². The highest BCUT2D eigenvalue weighted by atomic mass is 35.5. The van der Waals surface area contributed by atoms with Crippen LogP contribution in [0.4, 0.5) is 5.69 Å². The van der Waals surface area contributed by atoms with Crippen LogP contribution in [0.2, 0.25) is 5.02 Å². The number of sulfonamides is 1. The lowest BCUT2D eigenvalue weighted by Crippen LogP contribution is -2.14. The Hall–Kier alpha value is -1.56. The topological polar surface area (TPSA) is 66.4 Å². The van der Waals surface area contributed by atoms with Crippen LogP contribution >= 0.6 is 11.6 Å². The summed E-state index contributed by atoms with van der Waals surface area (Å²) in [7, 11) is -3.74. The molecule has 0 amide bonds. The molecule has 0 radical (unpaired) electrons. The molecule has 0 aliphatic heterocycles. The molecule has 0 unspecified atom stereocenters. The molecule has 6 heteroatoms. The van der Waals surface area contributed by atoms with Gasteiger partial charge in [-0.05, 0) is 37.6 Å². The second-order valence-electron chi connectivity index (χ2n) is 4.84. The predicted octanol–water partition coefficient (Wildman–Crippen LogP) is 3.25. The van der Waals surface area contributed by atoms with E-state index in [1.54, 1.807) is 31.2 Å². The average molecular weight is 326 g/mol. The second kappa shape index (κ2) is 6.05. The molecule has 2 aromatic rings. The van der Waals surface area contributed by atoms with Gasteiger partial charge in [0.05, 0.1) is 17.2 Å². The van der Waals surface area contributed by atoms with Gasteiger partial charge in [0.25, 0.3) is 10.0 Å². The van der Waals surface area contributed by atoms with Crippen molar-refractivity contribution in [2.45, 2.75) is 25.3 Å². The van der Waals surface area contributed by atoms with Crippen LogP contribution in [-0.2, 0) is 16.6 Å². The molecule has 0 aliphatic rings. The van der Waals surface area contributed by atoms with Crippen molar-refractivity contribution in [2.75, 3.05) is 4.72 Å². The molecule has 0 atom stereocenters.